The quantitative estimate of drug-likeness (QED) is 0.712. The third-order valence-electron chi connectivity index (χ3n) is 4.59. The predicted molar refractivity (Wildman–Crippen MR) is 109 cm³/mol. The molecular weight excluding hydrogens is 384 g/mol. The van der Waals surface area contributed by atoms with E-state index in [1.165, 1.54) is 0 Å². The molecule has 0 bridgehead atoms. The van der Waals surface area contributed by atoms with Crippen LogP contribution in [-0.2, 0) is 14.8 Å². The van der Waals surface area contributed by atoms with E-state index >= 15 is 0 Å². The van der Waals surface area contributed by atoms with Gasteiger partial charge in [0.15, 0.2) is 0 Å². The first kappa shape index (κ1) is 18.1. The van der Waals surface area contributed by atoms with Gasteiger partial charge in [0.05, 0.1) is 29.5 Å². The molecule has 27 heavy (non-hydrogen) atoms. The van der Waals surface area contributed by atoms with Crippen molar-refractivity contribution in [3.05, 3.63) is 65.7 Å². The third-order valence-corrected chi connectivity index (χ3v) is 6.18. The molecule has 3 aromatic rings. The van der Waals surface area contributed by atoms with E-state index in [1.54, 1.807) is 24.3 Å². The van der Waals surface area contributed by atoms with E-state index in [0.717, 1.165) is 16.5 Å². The van der Waals surface area contributed by atoms with Gasteiger partial charge in [-0.05, 0) is 41.1 Å². The largest absolute Gasteiger partial charge is 0.378 e. The Balaban J connectivity index is 1.70. The molecule has 1 N–H and O–H groups in total. The predicted octanol–water partition coefficient (Wildman–Crippen LogP) is 4.13. The van der Waals surface area contributed by atoms with Gasteiger partial charge in [0.1, 0.15) is 0 Å². The maximum atomic E-state index is 13.0. The second kappa shape index (κ2) is 7.38. The van der Waals surface area contributed by atoms with E-state index in [4.69, 9.17) is 16.3 Å². The minimum absolute atomic E-state index is 0.217. The number of morpholine rings is 1. The van der Waals surface area contributed by atoms with Crippen LogP contribution in [0.1, 0.15) is 0 Å². The zero-order valence-electron chi connectivity index (χ0n) is 14.6. The first-order valence-electron chi connectivity index (χ1n) is 8.67. The second-order valence-corrected chi connectivity index (χ2v) is 8.49. The smallest absolute Gasteiger partial charge is 0.261 e. The zero-order chi connectivity index (χ0) is 18.9. The second-order valence-electron chi connectivity index (χ2n) is 6.38. The van der Waals surface area contributed by atoms with Crippen molar-refractivity contribution in [1.82, 2.24) is 0 Å². The highest BCUT2D eigenvalue weighted by Crippen LogP contribution is 2.32. The van der Waals surface area contributed by atoms with Gasteiger partial charge in [-0.25, -0.2) is 8.42 Å². The van der Waals surface area contributed by atoms with Gasteiger partial charge in [-0.1, -0.05) is 41.9 Å². The molecule has 0 radical (unpaired) electrons. The first-order valence-corrected chi connectivity index (χ1v) is 10.5. The standard InChI is InChI=1S/C20H19ClN2O3S/c21-17-6-8-20(23-9-11-26-12-10-23)19(14-17)22-27(24,25)18-7-5-15-3-1-2-4-16(15)13-18/h1-8,13-14,22H,9-12H2. The molecule has 5 nitrogen and oxygen atoms in total. The molecule has 1 fully saturated rings. The lowest BCUT2D eigenvalue weighted by atomic mass is 10.1. The van der Waals surface area contributed by atoms with Crippen molar-refractivity contribution in [3.8, 4) is 0 Å². The maximum Gasteiger partial charge on any atom is 0.261 e. The molecule has 0 saturated carbocycles. The summed E-state index contributed by atoms with van der Waals surface area (Å²) in [6.45, 7) is 2.62. The summed E-state index contributed by atoms with van der Waals surface area (Å²) in [5.74, 6) is 0. The lowest BCUT2D eigenvalue weighted by Gasteiger charge is -2.30. The highest BCUT2D eigenvalue weighted by molar-refractivity contribution is 7.92. The van der Waals surface area contributed by atoms with Gasteiger partial charge in [0.2, 0.25) is 0 Å². The molecule has 140 valence electrons. The van der Waals surface area contributed by atoms with E-state index in [9.17, 15) is 8.42 Å². The molecule has 0 aliphatic carbocycles. The van der Waals surface area contributed by atoms with E-state index in [0.29, 0.717) is 37.0 Å². The molecule has 0 atom stereocenters. The average Bonchev–Trinajstić information content (AvgIpc) is 2.68. The van der Waals surface area contributed by atoms with Gasteiger partial charge in [0, 0.05) is 18.1 Å². The van der Waals surface area contributed by atoms with Crippen LogP contribution in [0, 0.1) is 0 Å². The van der Waals surface area contributed by atoms with E-state index in [-0.39, 0.29) is 4.90 Å². The molecule has 1 aliphatic rings. The van der Waals surface area contributed by atoms with Crippen LogP contribution in [0.2, 0.25) is 5.02 Å². The Morgan fingerprint density at radius 3 is 2.44 bits per heavy atom. The fraction of sp³-hybridized carbons (Fsp3) is 0.200. The van der Waals surface area contributed by atoms with Crippen LogP contribution in [0.25, 0.3) is 10.8 Å². The molecule has 0 unspecified atom stereocenters. The van der Waals surface area contributed by atoms with Gasteiger partial charge in [0.25, 0.3) is 10.0 Å². The van der Waals surface area contributed by atoms with Gasteiger partial charge in [-0.3, -0.25) is 4.72 Å². The molecule has 4 rings (SSSR count). The number of nitrogens with zero attached hydrogens (tertiary/aromatic N) is 1. The van der Waals surface area contributed by atoms with E-state index in [1.807, 2.05) is 36.4 Å². The summed E-state index contributed by atoms with van der Waals surface area (Å²) < 4.78 is 34.1. The number of sulfonamides is 1. The Hall–Kier alpha value is -2.28. The summed E-state index contributed by atoms with van der Waals surface area (Å²) in [5, 5.41) is 2.34. The fourth-order valence-electron chi connectivity index (χ4n) is 3.21. The monoisotopic (exact) mass is 402 g/mol. The normalized spacial score (nSPS) is 15.1. The Morgan fingerprint density at radius 1 is 0.926 bits per heavy atom. The van der Waals surface area contributed by atoms with Gasteiger partial charge in [-0.15, -0.1) is 0 Å². The van der Waals surface area contributed by atoms with Crippen LogP contribution in [0.5, 0.6) is 0 Å². The van der Waals surface area contributed by atoms with Crippen molar-refractivity contribution in [2.24, 2.45) is 0 Å². The number of anilines is 2. The van der Waals surface area contributed by atoms with Gasteiger partial charge in [-0.2, -0.15) is 0 Å². The lowest BCUT2D eigenvalue weighted by Crippen LogP contribution is -2.36. The average molecular weight is 403 g/mol. The van der Waals surface area contributed by atoms with Crippen molar-refractivity contribution in [2.45, 2.75) is 4.90 Å². The number of rotatable bonds is 4. The Morgan fingerprint density at radius 2 is 1.67 bits per heavy atom. The number of ether oxygens (including phenoxy) is 1. The number of hydrogen-bond acceptors (Lipinski definition) is 4. The molecule has 1 heterocycles. The van der Waals surface area contributed by atoms with Crippen molar-refractivity contribution >= 4 is 43.8 Å². The van der Waals surface area contributed by atoms with Crippen molar-refractivity contribution in [3.63, 3.8) is 0 Å². The van der Waals surface area contributed by atoms with E-state index < -0.39 is 10.0 Å². The topological polar surface area (TPSA) is 58.6 Å². The molecule has 0 spiro atoms. The highest BCUT2D eigenvalue weighted by Gasteiger charge is 2.20. The van der Waals surface area contributed by atoms with Gasteiger partial charge < -0.3 is 9.64 Å². The number of nitrogens with one attached hydrogen (secondary N) is 1. The minimum Gasteiger partial charge on any atom is -0.378 e. The van der Waals surface area contributed by atoms with Crippen LogP contribution >= 0.6 is 11.6 Å². The number of fused-ring (bicyclic) bond motifs is 1. The van der Waals surface area contributed by atoms with Crippen LogP contribution in [0.3, 0.4) is 0 Å². The summed E-state index contributed by atoms with van der Waals surface area (Å²) in [4.78, 5) is 2.31. The van der Waals surface area contributed by atoms with Crippen LogP contribution in [-0.4, -0.2) is 34.7 Å². The first-order chi connectivity index (χ1) is 13.0. The van der Waals surface area contributed by atoms with Crippen molar-refractivity contribution in [2.75, 3.05) is 35.9 Å². The molecule has 1 aliphatic heterocycles. The molecular formula is C20H19ClN2O3S. The number of halogens is 1. The zero-order valence-corrected chi connectivity index (χ0v) is 16.1. The summed E-state index contributed by atoms with van der Waals surface area (Å²) in [6, 6.07) is 18.0. The Bertz CT molecular complexity index is 1080. The van der Waals surface area contributed by atoms with Crippen LogP contribution < -0.4 is 9.62 Å². The highest BCUT2D eigenvalue weighted by atomic mass is 35.5. The van der Waals surface area contributed by atoms with Crippen molar-refractivity contribution in [1.29, 1.82) is 0 Å². The molecule has 0 amide bonds. The molecule has 3 aromatic carbocycles. The summed E-state index contributed by atoms with van der Waals surface area (Å²) >= 11 is 6.13. The van der Waals surface area contributed by atoms with Gasteiger partial charge >= 0.3 is 0 Å². The molecule has 7 heteroatoms. The number of hydrogen-bond donors (Lipinski definition) is 1. The molecule has 0 aromatic heterocycles. The van der Waals surface area contributed by atoms with Crippen LogP contribution in [0.15, 0.2) is 65.6 Å². The van der Waals surface area contributed by atoms with E-state index in [2.05, 4.69) is 9.62 Å². The third kappa shape index (κ3) is 3.88. The van der Waals surface area contributed by atoms with Crippen molar-refractivity contribution < 1.29 is 13.2 Å². The number of benzene rings is 3. The Kier molecular flexibility index (Phi) is 4.95. The van der Waals surface area contributed by atoms with Crippen LogP contribution in [0.4, 0.5) is 11.4 Å². The fourth-order valence-corrected chi connectivity index (χ4v) is 4.48. The summed E-state index contributed by atoms with van der Waals surface area (Å²) in [5.41, 5.74) is 1.27. The summed E-state index contributed by atoms with van der Waals surface area (Å²) in [7, 11) is -3.75. The minimum atomic E-state index is -3.75. The molecule has 1 saturated heterocycles. The lowest BCUT2D eigenvalue weighted by molar-refractivity contribution is 0.123. The summed E-state index contributed by atoms with van der Waals surface area (Å²) in [6.07, 6.45) is 0. The Labute approximate surface area is 163 Å². The maximum absolute atomic E-state index is 13.0. The SMILES string of the molecule is O=S(=O)(Nc1cc(Cl)ccc1N1CCOCC1)c1ccc2ccccc2c1.